The first-order valence-corrected chi connectivity index (χ1v) is 7.83. The number of anilines is 1. The summed E-state index contributed by atoms with van der Waals surface area (Å²) in [5, 5.41) is 3.11. The Morgan fingerprint density at radius 3 is 2.27 bits per heavy atom. The number of benzene rings is 2. The Morgan fingerprint density at radius 1 is 1.00 bits per heavy atom. The van der Waals surface area contributed by atoms with Gasteiger partial charge in [0, 0.05) is 17.8 Å². The minimum Gasteiger partial charge on any atom is -0.350 e. The normalized spacial score (nSPS) is 15.0. The van der Waals surface area contributed by atoms with Crippen LogP contribution in [0.3, 0.4) is 0 Å². The van der Waals surface area contributed by atoms with Gasteiger partial charge in [0.15, 0.2) is 0 Å². The standard InChI is InChI=1S/C18H12ClF3N2O2/c1-24-16(25)14(10-5-7-12(19)8-6-10)15(17(24)26)23-13-4-2-3-11(9-13)18(20,21)22/h2-9,23H,1H3. The minimum absolute atomic E-state index is 0.0535. The van der Waals surface area contributed by atoms with Crippen LogP contribution in [-0.2, 0) is 15.8 Å². The molecule has 1 aliphatic rings. The third kappa shape index (κ3) is 3.30. The van der Waals surface area contributed by atoms with Gasteiger partial charge in [-0.15, -0.1) is 0 Å². The van der Waals surface area contributed by atoms with Gasteiger partial charge in [0.2, 0.25) is 0 Å². The highest BCUT2D eigenvalue weighted by Gasteiger charge is 2.37. The molecule has 0 saturated carbocycles. The van der Waals surface area contributed by atoms with Crippen LogP contribution in [0.25, 0.3) is 5.57 Å². The maximum absolute atomic E-state index is 12.9. The molecule has 1 heterocycles. The van der Waals surface area contributed by atoms with Crippen LogP contribution in [0.1, 0.15) is 11.1 Å². The molecule has 2 aromatic carbocycles. The second-order valence-electron chi connectivity index (χ2n) is 5.63. The van der Waals surface area contributed by atoms with Crippen LogP contribution in [0.15, 0.2) is 54.2 Å². The number of alkyl halides is 3. The summed E-state index contributed by atoms with van der Waals surface area (Å²) in [6, 6.07) is 10.7. The van der Waals surface area contributed by atoms with E-state index in [0.717, 1.165) is 17.0 Å². The zero-order chi connectivity index (χ0) is 19.1. The fourth-order valence-corrected chi connectivity index (χ4v) is 2.69. The molecule has 8 heteroatoms. The van der Waals surface area contributed by atoms with Crippen molar-refractivity contribution in [2.24, 2.45) is 0 Å². The number of rotatable bonds is 3. The molecule has 0 radical (unpaired) electrons. The molecule has 0 aromatic heterocycles. The average molecular weight is 381 g/mol. The molecule has 1 N–H and O–H groups in total. The summed E-state index contributed by atoms with van der Waals surface area (Å²) in [4.78, 5) is 25.7. The number of nitrogens with zero attached hydrogens (tertiary/aromatic N) is 1. The molecule has 0 atom stereocenters. The molecule has 1 aliphatic heterocycles. The van der Waals surface area contributed by atoms with Gasteiger partial charge < -0.3 is 5.32 Å². The third-order valence-electron chi connectivity index (χ3n) is 3.88. The predicted molar refractivity (Wildman–Crippen MR) is 91.2 cm³/mol. The molecule has 26 heavy (non-hydrogen) atoms. The van der Waals surface area contributed by atoms with Crippen LogP contribution < -0.4 is 5.32 Å². The molecule has 0 spiro atoms. The summed E-state index contributed by atoms with van der Waals surface area (Å²) >= 11 is 5.84. The van der Waals surface area contributed by atoms with Gasteiger partial charge in [0.05, 0.1) is 11.1 Å². The molecule has 2 amide bonds. The van der Waals surface area contributed by atoms with Crippen molar-refractivity contribution in [3.8, 4) is 0 Å². The van der Waals surface area contributed by atoms with Crippen molar-refractivity contribution < 1.29 is 22.8 Å². The van der Waals surface area contributed by atoms with Gasteiger partial charge >= 0.3 is 6.18 Å². The van der Waals surface area contributed by atoms with E-state index >= 15 is 0 Å². The Balaban J connectivity index is 2.06. The lowest BCUT2D eigenvalue weighted by Crippen LogP contribution is -2.27. The number of hydrogen-bond donors (Lipinski definition) is 1. The largest absolute Gasteiger partial charge is 0.416 e. The first-order valence-electron chi connectivity index (χ1n) is 7.45. The van der Waals surface area contributed by atoms with E-state index in [1.807, 2.05) is 0 Å². The molecule has 0 fully saturated rings. The van der Waals surface area contributed by atoms with Crippen LogP contribution >= 0.6 is 11.6 Å². The second kappa shape index (κ2) is 6.49. The molecule has 0 aliphatic carbocycles. The number of halogens is 4. The summed E-state index contributed by atoms with van der Waals surface area (Å²) in [6.45, 7) is 0. The van der Waals surface area contributed by atoms with Crippen LogP contribution in [-0.4, -0.2) is 23.8 Å². The van der Waals surface area contributed by atoms with Gasteiger partial charge in [-0.3, -0.25) is 14.5 Å². The van der Waals surface area contributed by atoms with E-state index in [0.29, 0.717) is 10.6 Å². The second-order valence-corrected chi connectivity index (χ2v) is 6.07. The van der Waals surface area contributed by atoms with E-state index < -0.39 is 23.6 Å². The van der Waals surface area contributed by atoms with Crippen molar-refractivity contribution in [3.63, 3.8) is 0 Å². The molecule has 0 saturated heterocycles. The SMILES string of the molecule is CN1C(=O)C(Nc2cccc(C(F)(F)F)c2)=C(c2ccc(Cl)cc2)C1=O. The summed E-state index contributed by atoms with van der Waals surface area (Å²) in [7, 11) is 1.31. The van der Waals surface area contributed by atoms with E-state index in [9.17, 15) is 22.8 Å². The number of amides is 2. The molecule has 0 bridgehead atoms. The summed E-state index contributed by atoms with van der Waals surface area (Å²) < 4.78 is 38.6. The number of nitrogens with one attached hydrogen (secondary N) is 1. The minimum atomic E-state index is -4.52. The van der Waals surface area contributed by atoms with Crippen LogP contribution in [0.2, 0.25) is 5.02 Å². The lowest BCUT2D eigenvalue weighted by molar-refractivity contribution is -0.137. The third-order valence-corrected chi connectivity index (χ3v) is 4.13. The van der Waals surface area contributed by atoms with Gasteiger partial charge in [-0.25, -0.2) is 0 Å². The van der Waals surface area contributed by atoms with E-state index in [2.05, 4.69) is 5.32 Å². The fourth-order valence-electron chi connectivity index (χ4n) is 2.56. The summed E-state index contributed by atoms with van der Waals surface area (Å²) in [5.74, 6) is -1.18. The number of imide groups is 1. The van der Waals surface area contributed by atoms with E-state index in [4.69, 9.17) is 11.6 Å². The highest BCUT2D eigenvalue weighted by Crippen LogP contribution is 2.33. The van der Waals surface area contributed by atoms with Gasteiger partial charge in [-0.1, -0.05) is 29.8 Å². The van der Waals surface area contributed by atoms with Gasteiger partial charge in [0.25, 0.3) is 11.8 Å². The Labute approximate surface area is 151 Å². The Hall–Kier alpha value is -2.80. The number of likely N-dealkylation sites (N-methyl/N-ethyl adjacent to an activating group) is 1. The molecule has 2 aromatic rings. The summed E-state index contributed by atoms with van der Waals surface area (Å²) in [6.07, 6.45) is -4.52. The lowest BCUT2D eigenvalue weighted by atomic mass is 10.0. The van der Waals surface area contributed by atoms with Crippen molar-refractivity contribution in [1.29, 1.82) is 0 Å². The average Bonchev–Trinajstić information content (AvgIpc) is 2.80. The first kappa shape index (κ1) is 18.0. The molecular weight excluding hydrogens is 369 g/mol. The zero-order valence-corrected chi connectivity index (χ0v) is 14.2. The van der Waals surface area contributed by atoms with Crippen molar-refractivity contribution in [3.05, 3.63) is 70.4 Å². The maximum atomic E-state index is 12.9. The monoisotopic (exact) mass is 380 g/mol. The highest BCUT2D eigenvalue weighted by molar-refractivity contribution is 6.36. The van der Waals surface area contributed by atoms with E-state index in [1.165, 1.54) is 19.2 Å². The van der Waals surface area contributed by atoms with Crippen molar-refractivity contribution >= 4 is 34.7 Å². The topological polar surface area (TPSA) is 49.4 Å². The van der Waals surface area contributed by atoms with Gasteiger partial charge in [-0.05, 0) is 35.9 Å². The molecule has 3 rings (SSSR count). The highest BCUT2D eigenvalue weighted by atomic mass is 35.5. The van der Waals surface area contributed by atoms with Gasteiger partial charge in [0.1, 0.15) is 5.70 Å². The van der Waals surface area contributed by atoms with Crippen molar-refractivity contribution in [2.75, 3.05) is 12.4 Å². The number of carbonyl (C=O) groups is 2. The Kier molecular flexibility index (Phi) is 4.50. The van der Waals surface area contributed by atoms with Crippen LogP contribution in [0.4, 0.5) is 18.9 Å². The van der Waals surface area contributed by atoms with Crippen molar-refractivity contribution in [1.82, 2.24) is 4.90 Å². The zero-order valence-electron chi connectivity index (χ0n) is 13.4. The predicted octanol–water partition coefficient (Wildman–Crippen LogP) is 4.18. The lowest BCUT2D eigenvalue weighted by Gasteiger charge is -2.12. The fraction of sp³-hybridized carbons (Fsp3) is 0.111. The number of hydrogen-bond acceptors (Lipinski definition) is 3. The Bertz CT molecular complexity index is 921. The quantitative estimate of drug-likeness (QED) is 0.813. The first-order chi connectivity index (χ1) is 12.2. The van der Waals surface area contributed by atoms with Crippen molar-refractivity contribution in [2.45, 2.75) is 6.18 Å². The molecular formula is C18H12ClF3N2O2. The summed E-state index contributed by atoms with van der Waals surface area (Å²) in [5.41, 5.74) is -0.378. The molecule has 134 valence electrons. The van der Waals surface area contributed by atoms with Gasteiger partial charge in [-0.2, -0.15) is 13.2 Å². The smallest absolute Gasteiger partial charge is 0.350 e. The molecule has 4 nitrogen and oxygen atoms in total. The van der Waals surface area contributed by atoms with Crippen LogP contribution in [0, 0.1) is 0 Å². The Morgan fingerprint density at radius 2 is 1.65 bits per heavy atom. The number of carbonyl (C=O) groups excluding carboxylic acids is 2. The maximum Gasteiger partial charge on any atom is 0.416 e. The van der Waals surface area contributed by atoms with E-state index in [1.54, 1.807) is 24.3 Å². The van der Waals surface area contributed by atoms with E-state index in [-0.39, 0.29) is 17.0 Å². The molecule has 0 unspecified atom stereocenters. The van der Waals surface area contributed by atoms with Crippen LogP contribution in [0.5, 0.6) is 0 Å².